The molecule has 8 heteroatoms. The third-order valence-corrected chi connectivity index (χ3v) is 8.47. The first kappa shape index (κ1) is 33.8. The van der Waals surface area contributed by atoms with Crippen LogP contribution in [-0.2, 0) is 22.6 Å². The van der Waals surface area contributed by atoms with E-state index in [0.29, 0.717) is 29.2 Å². The van der Waals surface area contributed by atoms with Gasteiger partial charge in [0.15, 0.2) is 0 Å². The highest BCUT2D eigenvalue weighted by Crippen LogP contribution is 2.24. The maximum atomic E-state index is 13.5. The minimum atomic E-state index is -0.478. The molecular weight excluding hydrogens is 619 g/mol. The lowest BCUT2D eigenvalue weighted by molar-refractivity contribution is -0.114. The number of nitrogens with one attached hydrogen (secondary N) is 3. The predicted molar refractivity (Wildman–Crippen MR) is 194 cm³/mol. The minimum Gasteiger partial charge on any atom is -0.489 e. The van der Waals surface area contributed by atoms with Gasteiger partial charge in [0.1, 0.15) is 18.1 Å². The number of anilines is 2. The number of benzene rings is 5. The molecule has 0 aliphatic carbocycles. The summed E-state index contributed by atoms with van der Waals surface area (Å²) in [5.41, 5.74) is 5.84. The number of amides is 3. The van der Waals surface area contributed by atoms with Crippen LogP contribution in [0.25, 0.3) is 6.08 Å². The van der Waals surface area contributed by atoms with Gasteiger partial charge < -0.3 is 20.7 Å². The van der Waals surface area contributed by atoms with Gasteiger partial charge in [0, 0.05) is 21.8 Å². The highest BCUT2D eigenvalue weighted by Gasteiger charge is 2.16. The Balaban J connectivity index is 1.23. The number of thioether (sulfide) groups is 1. The summed E-state index contributed by atoms with van der Waals surface area (Å²) in [6, 6.07) is 39.1. The van der Waals surface area contributed by atoms with Crippen LogP contribution in [-0.4, -0.2) is 23.5 Å². The van der Waals surface area contributed by atoms with Crippen LogP contribution in [0.2, 0.25) is 0 Å². The number of hydrogen-bond donors (Lipinski definition) is 3. The van der Waals surface area contributed by atoms with Gasteiger partial charge in [-0.3, -0.25) is 14.4 Å². The van der Waals surface area contributed by atoms with Crippen molar-refractivity contribution >= 4 is 46.9 Å². The van der Waals surface area contributed by atoms with E-state index in [1.807, 2.05) is 97.9 Å². The molecule has 0 aromatic heterocycles. The second kappa shape index (κ2) is 16.8. The van der Waals surface area contributed by atoms with Gasteiger partial charge in [-0.05, 0) is 90.2 Å². The Hall–Kier alpha value is -5.60. The highest BCUT2D eigenvalue weighted by molar-refractivity contribution is 8.00. The first-order valence-electron chi connectivity index (χ1n) is 15.7. The Morgan fingerprint density at radius 2 is 1.44 bits per heavy atom. The molecule has 0 bridgehead atoms. The van der Waals surface area contributed by atoms with E-state index in [9.17, 15) is 14.4 Å². The molecule has 5 aromatic carbocycles. The van der Waals surface area contributed by atoms with E-state index in [1.165, 1.54) is 11.8 Å². The van der Waals surface area contributed by atoms with Crippen LogP contribution >= 0.6 is 11.8 Å². The number of aryl methyl sites for hydroxylation is 2. The molecule has 7 nitrogen and oxygen atoms in total. The van der Waals surface area contributed by atoms with Crippen molar-refractivity contribution in [2.45, 2.75) is 31.8 Å². The predicted octanol–water partition coefficient (Wildman–Crippen LogP) is 8.28. The number of carbonyl (C=O) groups is 3. The van der Waals surface area contributed by atoms with Crippen molar-refractivity contribution in [3.05, 3.63) is 161 Å². The van der Waals surface area contributed by atoms with Crippen molar-refractivity contribution in [2.24, 2.45) is 0 Å². The third kappa shape index (κ3) is 9.70. The molecule has 3 N–H and O–H groups in total. The van der Waals surface area contributed by atoms with E-state index in [4.69, 9.17) is 4.74 Å². The van der Waals surface area contributed by atoms with Crippen molar-refractivity contribution in [2.75, 3.05) is 16.4 Å². The summed E-state index contributed by atoms with van der Waals surface area (Å²) in [4.78, 5) is 40.1. The molecule has 3 amide bonds. The molecule has 0 atom stereocenters. The fourth-order valence-corrected chi connectivity index (χ4v) is 5.57. The van der Waals surface area contributed by atoms with Gasteiger partial charge in [-0.15, -0.1) is 11.8 Å². The van der Waals surface area contributed by atoms with Crippen molar-refractivity contribution in [1.29, 1.82) is 0 Å². The van der Waals surface area contributed by atoms with Gasteiger partial charge in [-0.2, -0.15) is 0 Å². The van der Waals surface area contributed by atoms with Crippen LogP contribution < -0.4 is 20.7 Å². The number of hydrogen-bond acceptors (Lipinski definition) is 5. The van der Waals surface area contributed by atoms with Crippen LogP contribution in [0.4, 0.5) is 11.4 Å². The number of rotatable bonds is 13. The number of carbonyl (C=O) groups excluding carboxylic acids is 3. The normalized spacial score (nSPS) is 11.0. The van der Waals surface area contributed by atoms with Crippen LogP contribution in [0.1, 0.15) is 39.5 Å². The molecule has 5 rings (SSSR count). The Kier molecular flexibility index (Phi) is 11.8. The lowest BCUT2D eigenvalue weighted by atomic mass is 10.1. The van der Waals surface area contributed by atoms with E-state index < -0.39 is 11.8 Å². The van der Waals surface area contributed by atoms with Crippen LogP contribution in [0, 0.1) is 6.92 Å². The summed E-state index contributed by atoms with van der Waals surface area (Å²) >= 11 is 1.41. The van der Waals surface area contributed by atoms with Crippen molar-refractivity contribution in [3.8, 4) is 5.75 Å². The zero-order valence-corrected chi connectivity index (χ0v) is 27.7. The molecule has 0 fully saturated rings. The second-order valence-electron chi connectivity index (χ2n) is 11.0. The van der Waals surface area contributed by atoms with E-state index in [-0.39, 0.29) is 17.4 Å². The van der Waals surface area contributed by atoms with Gasteiger partial charge in [-0.25, -0.2) is 0 Å². The smallest absolute Gasteiger partial charge is 0.272 e. The summed E-state index contributed by atoms with van der Waals surface area (Å²) in [6.07, 6.45) is 2.46. The SMILES string of the molecule is CCc1cccc(C)c1NC(=O)CSc1ccc(NC(=O)/C(=C/c2ccc(OCc3ccccc3)cc2)NC(=O)c2ccccc2)cc1. The van der Waals surface area contributed by atoms with E-state index in [1.54, 1.807) is 42.5 Å². The van der Waals surface area contributed by atoms with Crippen molar-refractivity contribution in [3.63, 3.8) is 0 Å². The third-order valence-electron chi connectivity index (χ3n) is 7.45. The fraction of sp³-hybridized carbons (Fsp3) is 0.125. The zero-order valence-electron chi connectivity index (χ0n) is 26.9. The van der Waals surface area contributed by atoms with E-state index in [0.717, 1.165) is 33.7 Å². The molecule has 0 aliphatic rings. The van der Waals surface area contributed by atoms with Crippen LogP contribution in [0.3, 0.4) is 0 Å². The van der Waals surface area contributed by atoms with Gasteiger partial charge in [-0.1, -0.05) is 85.8 Å². The van der Waals surface area contributed by atoms with Crippen LogP contribution in [0.15, 0.2) is 138 Å². The largest absolute Gasteiger partial charge is 0.489 e. The Labute approximate surface area is 285 Å². The first-order chi connectivity index (χ1) is 23.4. The summed E-state index contributed by atoms with van der Waals surface area (Å²) in [5, 5.41) is 8.70. The van der Waals surface area contributed by atoms with Gasteiger partial charge in [0.25, 0.3) is 11.8 Å². The maximum Gasteiger partial charge on any atom is 0.272 e. The molecule has 0 unspecified atom stereocenters. The molecule has 0 heterocycles. The number of para-hydroxylation sites is 1. The Bertz CT molecular complexity index is 1870. The maximum absolute atomic E-state index is 13.5. The quantitative estimate of drug-likeness (QED) is 0.0877. The molecule has 0 aliphatic heterocycles. The fourth-order valence-electron chi connectivity index (χ4n) is 4.87. The molecule has 0 spiro atoms. The molecule has 0 saturated carbocycles. The second-order valence-corrected chi connectivity index (χ2v) is 12.0. The average molecular weight is 656 g/mol. The topological polar surface area (TPSA) is 96.5 Å². The van der Waals surface area contributed by atoms with Gasteiger partial charge in [0.05, 0.1) is 5.75 Å². The van der Waals surface area contributed by atoms with Crippen LogP contribution in [0.5, 0.6) is 5.75 Å². The number of ether oxygens (including phenoxy) is 1. The van der Waals surface area contributed by atoms with Gasteiger partial charge in [0.2, 0.25) is 5.91 Å². The summed E-state index contributed by atoms with van der Waals surface area (Å²) < 4.78 is 5.89. The molecular formula is C40H37N3O4S. The molecule has 5 aromatic rings. The summed E-state index contributed by atoms with van der Waals surface area (Å²) in [6.45, 7) is 4.49. The molecule has 242 valence electrons. The van der Waals surface area contributed by atoms with Gasteiger partial charge >= 0.3 is 0 Å². The molecule has 48 heavy (non-hydrogen) atoms. The lowest BCUT2D eigenvalue weighted by Crippen LogP contribution is -2.30. The first-order valence-corrected chi connectivity index (χ1v) is 16.6. The summed E-state index contributed by atoms with van der Waals surface area (Å²) in [5.74, 6) is -0.0275. The Morgan fingerprint density at radius 1 is 0.750 bits per heavy atom. The van der Waals surface area contributed by atoms with E-state index >= 15 is 0 Å². The minimum absolute atomic E-state index is 0.0823. The highest BCUT2D eigenvalue weighted by atomic mass is 32.2. The standard InChI is InChI=1S/C40H37N3O4S/c1-3-31-16-10-11-28(2)38(31)43-37(44)27-48-35-23-19-33(20-24-35)41-40(46)36(42-39(45)32-14-8-5-9-15-32)25-29-17-21-34(22-18-29)47-26-30-12-6-4-7-13-30/h4-25H,3,26-27H2,1-2H3,(H,41,46)(H,42,45)(H,43,44)/b36-25-. The summed E-state index contributed by atoms with van der Waals surface area (Å²) in [7, 11) is 0. The monoisotopic (exact) mass is 655 g/mol. The zero-order chi connectivity index (χ0) is 33.7. The molecule has 0 radical (unpaired) electrons. The van der Waals surface area contributed by atoms with E-state index in [2.05, 4.69) is 22.9 Å². The van der Waals surface area contributed by atoms with Crippen molar-refractivity contribution < 1.29 is 19.1 Å². The average Bonchev–Trinajstić information content (AvgIpc) is 3.12. The Morgan fingerprint density at radius 3 is 2.12 bits per heavy atom. The lowest BCUT2D eigenvalue weighted by Gasteiger charge is -2.13. The van der Waals surface area contributed by atoms with Crippen molar-refractivity contribution in [1.82, 2.24) is 5.32 Å². The molecule has 0 saturated heterocycles.